The van der Waals surface area contributed by atoms with E-state index in [9.17, 15) is 9.59 Å². The van der Waals surface area contributed by atoms with Crippen LogP contribution >= 0.6 is 0 Å². The molecule has 4 rings (SSSR count). The molecular weight excluding hydrogens is 454 g/mol. The number of carbonyl (C=O) groups excluding carboxylic acids is 1. The third-order valence-electron chi connectivity index (χ3n) is 6.50. The summed E-state index contributed by atoms with van der Waals surface area (Å²) in [6.45, 7) is 4.36. The monoisotopic (exact) mass is 489 g/mol. The van der Waals surface area contributed by atoms with Gasteiger partial charge in [0.1, 0.15) is 12.0 Å². The van der Waals surface area contributed by atoms with Gasteiger partial charge in [-0.3, -0.25) is 14.2 Å². The minimum atomic E-state index is -0.128. The highest BCUT2D eigenvalue weighted by atomic mass is 16.2. The van der Waals surface area contributed by atoms with Crippen molar-refractivity contribution >= 4 is 5.91 Å². The lowest BCUT2D eigenvalue weighted by Gasteiger charge is -2.18. The van der Waals surface area contributed by atoms with Crippen LogP contribution < -0.4 is 27.5 Å². The number of aromatic nitrogens is 2. The van der Waals surface area contributed by atoms with Gasteiger partial charge in [-0.05, 0) is 35.6 Å². The Bertz CT molecular complexity index is 1260. The molecule has 1 amide bonds. The maximum atomic E-state index is 13.5. The van der Waals surface area contributed by atoms with Crippen LogP contribution in [-0.2, 0) is 24.2 Å². The number of aryl methyl sites for hydroxylation is 2. The summed E-state index contributed by atoms with van der Waals surface area (Å²) in [6.07, 6.45) is 2.68. The van der Waals surface area contributed by atoms with Gasteiger partial charge >= 0.3 is 0 Å². The molecule has 2 heterocycles. The van der Waals surface area contributed by atoms with Gasteiger partial charge in [-0.15, -0.1) is 0 Å². The van der Waals surface area contributed by atoms with Crippen LogP contribution in [0.3, 0.4) is 0 Å². The van der Waals surface area contributed by atoms with Crippen molar-refractivity contribution in [2.24, 2.45) is 0 Å². The van der Waals surface area contributed by atoms with E-state index in [1.807, 2.05) is 19.1 Å². The zero-order chi connectivity index (χ0) is 25.7. The summed E-state index contributed by atoms with van der Waals surface area (Å²) in [4.78, 5) is 32.2. The standard InChI is InChI=1S/C27H35N7O2/c1-5-6-11-24-28-18(2)23(16-25(35)33(3)4)27(36)34(24)17-19-12-14-20(15-13-19)21-9-7-8-10-22(21)26-29-31-32-30-26/h7-10,12-15,26,29-32H,5-6,11,16-17H2,1-4H3. The van der Waals surface area contributed by atoms with E-state index in [2.05, 4.69) is 65.2 Å². The summed E-state index contributed by atoms with van der Waals surface area (Å²) < 4.78 is 1.74. The summed E-state index contributed by atoms with van der Waals surface area (Å²) in [5.41, 5.74) is 17.3. The van der Waals surface area contributed by atoms with Crippen molar-refractivity contribution < 1.29 is 4.79 Å². The molecule has 0 bridgehead atoms. The van der Waals surface area contributed by atoms with E-state index in [4.69, 9.17) is 4.98 Å². The van der Waals surface area contributed by atoms with Crippen LogP contribution in [0.5, 0.6) is 0 Å². The van der Waals surface area contributed by atoms with Crippen LogP contribution in [0.25, 0.3) is 11.1 Å². The minimum absolute atomic E-state index is 0.0569. The van der Waals surface area contributed by atoms with Crippen LogP contribution in [0.2, 0.25) is 0 Å². The molecule has 0 radical (unpaired) electrons. The Kier molecular flexibility index (Phi) is 8.27. The maximum absolute atomic E-state index is 13.5. The highest BCUT2D eigenvalue weighted by Gasteiger charge is 2.20. The second-order valence-electron chi connectivity index (χ2n) is 9.31. The highest BCUT2D eigenvalue weighted by molar-refractivity contribution is 5.78. The van der Waals surface area contributed by atoms with Crippen LogP contribution in [0.1, 0.15) is 54.1 Å². The second-order valence-corrected chi connectivity index (χ2v) is 9.31. The number of nitrogens with one attached hydrogen (secondary N) is 4. The molecule has 1 aromatic heterocycles. The molecule has 2 aromatic carbocycles. The number of amides is 1. The first kappa shape index (κ1) is 25.7. The van der Waals surface area contributed by atoms with E-state index in [0.717, 1.165) is 47.3 Å². The lowest BCUT2D eigenvalue weighted by molar-refractivity contribution is -0.128. The molecule has 1 aliphatic heterocycles. The molecule has 4 N–H and O–H groups in total. The zero-order valence-electron chi connectivity index (χ0n) is 21.4. The Morgan fingerprint density at radius 1 is 1.06 bits per heavy atom. The predicted molar refractivity (Wildman–Crippen MR) is 141 cm³/mol. The fourth-order valence-corrected chi connectivity index (χ4v) is 4.35. The van der Waals surface area contributed by atoms with Crippen LogP contribution in [0.4, 0.5) is 0 Å². The number of hydrazine groups is 3. The average Bonchev–Trinajstić information content (AvgIpc) is 3.42. The van der Waals surface area contributed by atoms with E-state index in [-0.39, 0.29) is 24.1 Å². The van der Waals surface area contributed by atoms with Gasteiger partial charge in [-0.2, -0.15) is 11.1 Å². The number of carbonyl (C=O) groups is 1. The molecule has 0 saturated carbocycles. The highest BCUT2D eigenvalue weighted by Crippen LogP contribution is 2.28. The molecule has 0 unspecified atom stereocenters. The molecule has 1 aliphatic rings. The topological polar surface area (TPSA) is 103 Å². The summed E-state index contributed by atoms with van der Waals surface area (Å²) in [6, 6.07) is 16.5. The van der Waals surface area contributed by atoms with Gasteiger partial charge in [0.05, 0.1) is 13.0 Å². The van der Waals surface area contributed by atoms with Gasteiger partial charge in [0.25, 0.3) is 5.56 Å². The number of rotatable bonds is 9. The molecule has 9 nitrogen and oxygen atoms in total. The van der Waals surface area contributed by atoms with Gasteiger partial charge in [0.15, 0.2) is 0 Å². The lowest BCUT2D eigenvalue weighted by Crippen LogP contribution is -2.33. The Balaban J connectivity index is 1.65. The van der Waals surface area contributed by atoms with Crippen molar-refractivity contribution in [1.82, 2.24) is 36.4 Å². The van der Waals surface area contributed by atoms with Gasteiger partial charge in [0, 0.05) is 31.8 Å². The quantitative estimate of drug-likeness (QED) is 0.366. The van der Waals surface area contributed by atoms with Gasteiger partial charge in [0.2, 0.25) is 5.91 Å². The molecule has 0 aliphatic carbocycles. The predicted octanol–water partition coefficient (Wildman–Crippen LogP) is 2.36. The molecule has 1 fully saturated rings. The molecule has 36 heavy (non-hydrogen) atoms. The van der Waals surface area contributed by atoms with Gasteiger partial charge in [-0.25, -0.2) is 15.8 Å². The van der Waals surface area contributed by atoms with Crippen molar-refractivity contribution in [2.75, 3.05) is 14.1 Å². The first-order chi connectivity index (χ1) is 17.4. The molecule has 1 saturated heterocycles. The molecule has 0 atom stereocenters. The second kappa shape index (κ2) is 11.6. The van der Waals surface area contributed by atoms with Crippen molar-refractivity contribution in [3.8, 4) is 11.1 Å². The SMILES string of the molecule is CCCCc1nc(C)c(CC(=O)N(C)C)c(=O)n1Cc1ccc(-c2ccccc2C2NNNN2)cc1. The fourth-order valence-electron chi connectivity index (χ4n) is 4.35. The van der Waals surface area contributed by atoms with Crippen molar-refractivity contribution in [3.05, 3.63) is 87.1 Å². The van der Waals surface area contributed by atoms with E-state index in [1.165, 1.54) is 4.90 Å². The Hall–Kier alpha value is -3.37. The summed E-state index contributed by atoms with van der Waals surface area (Å²) in [7, 11) is 3.40. The zero-order valence-corrected chi connectivity index (χ0v) is 21.4. The first-order valence-electron chi connectivity index (χ1n) is 12.4. The van der Waals surface area contributed by atoms with E-state index in [0.29, 0.717) is 17.8 Å². The summed E-state index contributed by atoms with van der Waals surface area (Å²) in [5, 5.41) is 0. The Morgan fingerprint density at radius 3 is 2.42 bits per heavy atom. The third kappa shape index (κ3) is 5.71. The number of benzene rings is 2. The van der Waals surface area contributed by atoms with Crippen LogP contribution in [-0.4, -0.2) is 34.5 Å². The largest absolute Gasteiger partial charge is 0.349 e. The van der Waals surface area contributed by atoms with Crippen LogP contribution in [0, 0.1) is 6.92 Å². The number of hydrogen-bond donors (Lipinski definition) is 4. The van der Waals surface area contributed by atoms with Crippen molar-refractivity contribution in [3.63, 3.8) is 0 Å². The number of likely N-dealkylation sites (N-methyl/N-ethyl adjacent to an activating group) is 1. The number of hydrogen-bond acceptors (Lipinski definition) is 7. The molecule has 9 heteroatoms. The Labute approximate surface area is 211 Å². The van der Waals surface area contributed by atoms with Crippen LogP contribution in [0.15, 0.2) is 53.3 Å². The molecule has 190 valence electrons. The summed E-state index contributed by atoms with van der Waals surface area (Å²) >= 11 is 0. The molecular formula is C27H35N7O2. The average molecular weight is 490 g/mol. The smallest absolute Gasteiger partial charge is 0.257 e. The maximum Gasteiger partial charge on any atom is 0.257 e. The summed E-state index contributed by atoms with van der Waals surface area (Å²) in [5.74, 6) is 0.665. The van der Waals surface area contributed by atoms with Gasteiger partial charge in [-0.1, -0.05) is 61.9 Å². The molecule has 0 spiro atoms. The number of nitrogens with zero attached hydrogens (tertiary/aromatic N) is 3. The number of unbranched alkanes of at least 4 members (excludes halogenated alkanes) is 1. The first-order valence-corrected chi connectivity index (χ1v) is 12.4. The molecule has 3 aromatic rings. The minimum Gasteiger partial charge on any atom is -0.349 e. The normalized spacial score (nSPS) is 13.8. The Morgan fingerprint density at radius 2 is 1.75 bits per heavy atom. The lowest BCUT2D eigenvalue weighted by atomic mass is 9.97. The van der Waals surface area contributed by atoms with E-state index >= 15 is 0 Å². The fraction of sp³-hybridized carbons (Fsp3) is 0.370. The van der Waals surface area contributed by atoms with E-state index < -0.39 is 0 Å². The third-order valence-corrected chi connectivity index (χ3v) is 6.50. The van der Waals surface area contributed by atoms with Gasteiger partial charge < -0.3 is 4.90 Å². The van der Waals surface area contributed by atoms with Crippen molar-refractivity contribution in [1.29, 1.82) is 0 Å². The van der Waals surface area contributed by atoms with Crippen molar-refractivity contribution in [2.45, 2.75) is 52.2 Å². The van der Waals surface area contributed by atoms with E-state index in [1.54, 1.807) is 18.7 Å².